The minimum Gasteiger partial charge on any atom is -0.347 e. The van der Waals surface area contributed by atoms with Crippen LogP contribution >= 0.6 is 23.2 Å². The average molecular weight is 303 g/mol. The summed E-state index contributed by atoms with van der Waals surface area (Å²) in [4.78, 5) is 0. The Balaban J connectivity index is 4.43. The van der Waals surface area contributed by atoms with Crippen molar-refractivity contribution in [3.63, 3.8) is 0 Å². The molecule has 0 heterocycles. The lowest BCUT2D eigenvalue weighted by Gasteiger charge is -2.38. The molecule has 2 nitrogen and oxygen atoms in total. The molecule has 0 amide bonds. The van der Waals surface area contributed by atoms with Crippen molar-refractivity contribution in [2.75, 3.05) is 11.0 Å². The molecular weight excluding hydrogens is 279 g/mol. The van der Waals surface area contributed by atoms with E-state index in [0.29, 0.717) is 0 Å². The standard InChI is InChI=1S/C8H24Cl2N2Si3/c1-13(2,7-9)11-15(5,6)12-14(3,4)8-10/h11-12H,7-8H2,1-6H3. The molecule has 7 heteroatoms. The van der Waals surface area contributed by atoms with Gasteiger partial charge in [-0.25, -0.2) is 0 Å². The third-order valence-corrected chi connectivity index (χ3v) is 17.7. The number of alkyl halides is 2. The van der Waals surface area contributed by atoms with Crippen LogP contribution in [0.5, 0.6) is 0 Å². The molecule has 0 aliphatic heterocycles. The second-order valence-electron chi connectivity index (χ2n) is 5.91. The molecule has 15 heavy (non-hydrogen) atoms. The fourth-order valence-corrected chi connectivity index (χ4v) is 17.9. The predicted molar refractivity (Wildman–Crippen MR) is 80.2 cm³/mol. The van der Waals surface area contributed by atoms with Crippen molar-refractivity contribution < 1.29 is 0 Å². The van der Waals surface area contributed by atoms with Crippen molar-refractivity contribution in [3.8, 4) is 0 Å². The molecule has 92 valence electrons. The lowest BCUT2D eigenvalue weighted by atomic mass is 11.8. The van der Waals surface area contributed by atoms with Gasteiger partial charge in [-0.15, -0.1) is 23.2 Å². The Labute approximate surface area is 107 Å². The van der Waals surface area contributed by atoms with Crippen molar-refractivity contribution in [2.24, 2.45) is 0 Å². The highest BCUT2D eigenvalue weighted by Gasteiger charge is 2.35. The number of nitrogens with one attached hydrogen (secondary N) is 2. The van der Waals surface area contributed by atoms with Crippen LogP contribution in [-0.2, 0) is 0 Å². The Morgan fingerprint density at radius 2 is 1.00 bits per heavy atom. The lowest BCUT2D eigenvalue weighted by molar-refractivity contribution is 1.17. The summed E-state index contributed by atoms with van der Waals surface area (Å²) in [7, 11) is -4.42. The van der Waals surface area contributed by atoms with Crippen LogP contribution in [-0.4, -0.2) is 35.9 Å². The Hall–Kier alpha value is 1.15. The number of hydrogen-bond acceptors (Lipinski definition) is 2. The summed E-state index contributed by atoms with van der Waals surface area (Å²) in [6, 6.07) is 0. The second kappa shape index (κ2) is 5.66. The van der Waals surface area contributed by atoms with E-state index in [0.717, 1.165) is 11.0 Å². The molecule has 0 saturated heterocycles. The van der Waals surface area contributed by atoms with E-state index in [1.165, 1.54) is 0 Å². The molecule has 0 atom stereocenters. The summed E-state index contributed by atoms with van der Waals surface area (Å²) in [5.41, 5.74) is 1.52. The first-order valence-corrected chi connectivity index (χ1v) is 15.7. The maximum Gasteiger partial charge on any atom is 0.181 e. The normalized spacial score (nSPS) is 14.4. The molecule has 0 rings (SSSR count). The van der Waals surface area contributed by atoms with E-state index in [2.05, 4.69) is 48.6 Å². The Morgan fingerprint density at radius 3 is 1.20 bits per heavy atom. The van der Waals surface area contributed by atoms with Crippen LogP contribution in [0.3, 0.4) is 0 Å². The highest BCUT2D eigenvalue weighted by Crippen LogP contribution is 2.09. The Bertz CT molecular complexity index is 190. The van der Waals surface area contributed by atoms with Crippen LogP contribution in [0, 0.1) is 0 Å². The van der Waals surface area contributed by atoms with Crippen molar-refractivity contribution in [2.45, 2.75) is 39.3 Å². The molecule has 0 aromatic heterocycles. The van der Waals surface area contributed by atoms with Gasteiger partial charge in [0.15, 0.2) is 8.40 Å². The zero-order chi connectivity index (χ0) is 12.3. The van der Waals surface area contributed by atoms with Crippen molar-refractivity contribution in [1.82, 2.24) is 9.30 Å². The molecule has 0 aliphatic carbocycles. The largest absolute Gasteiger partial charge is 0.347 e. The Morgan fingerprint density at radius 1 is 0.733 bits per heavy atom. The van der Waals surface area contributed by atoms with E-state index >= 15 is 0 Å². The van der Waals surface area contributed by atoms with Crippen molar-refractivity contribution in [3.05, 3.63) is 0 Å². The summed E-state index contributed by atoms with van der Waals surface area (Å²) in [6.45, 7) is 13.7. The van der Waals surface area contributed by atoms with Gasteiger partial charge in [0, 0.05) is 11.0 Å². The molecule has 0 fully saturated rings. The summed E-state index contributed by atoms with van der Waals surface area (Å²) >= 11 is 12.0. The number of rotatable bonds is 6. The zero-order valence-corrected chi connectivity index (χ0v) is 15.2. The second-order valence-corrected chi connectivity index (χ2v) is 20.8. The third kappa shape index (κ3) is 7.14. The topological polar surface area (TPSA) is 24.1 Å². The van der Waals surface area contributed by atoms with E-state index in [4.69, 9.17) is 23.2 Å². The molecule has 0 spiro atoms. The molecule has 0 unspecified atom stereocenters. The molecule has 0 bridgehead atoms. The SMILES string of the molecule is C[Si](C)(CCl)N[Si](C)(C)N[Si](C)(C)CCl. The fourth-order valence-electron chi connectivity index (χ4n) is 1.79. The minimum absolute atomic E-state index is 0.758. The molecule has 0 saturated carbocycles. The first-order chi connectivity index (χ1) is 6.54. The molecule has 0 aromatic rings. The predicted octanol–water partition coefficient (Wildman–Crippen LogP) is 2.83. The van der Waals surface area contributed by atoms with E-state index in [1.54, 1.807) is 0 Å². The molecule has 0 radical (unpaired) electrons. The molecule has 0 aliphatic rings. The van der Waals surface area contributed by atoms with Crippen LogP contribution in [0.25, 0.3) is 0 Å². The fraction of sp³-hybridized carbons (Fsp3) is 1.00. The van der Waals surface area contributed by atoms with Crippen LogP contribution in [0.2, 0.25) is 39.3 Å². The number of hydrogen-bond donors (Lipinski definition) is 2. The summed E-state index contributed by atoms with van der Waals surface area (Å²) < 4.78 is 7.57. The maximum absolute atomic E-state index is 5.98. The van der Waals surface area contributed by atoms with Gasteiger partial charge in [0.25, 0.3) is 0 Å². The van der Waals surface area contributed by atoms with Gasteiger partial charge in [-0.05, 0) is 13.1 Å². The van der Waals surface area contributed by atoms with Crippen LogP contribution in [0.4, 0.5) is 0 Å². The average Bonchev–Trinajstić information content (AvgIpc) is 2.00. The highest BCUT2D eigenvalue weighted by molar-refractivity contribution is 6.99. The van der Waals surface area contributed by atoms with Crippen molar-refractivity contribution >= 4 is 48.1 Å². The smallest absolute Gasteiger partial charge is 0.181 e. The van der Waals surface area contributed by atoms with Crippen LogP contribution in [0.15, 0.2) is 0 Å². The molecular formula is C8H24Cl2N2Si3. The van der Waals surface area contributed by atoms with Crippen LogP contribution in [0.1, 0.15) is 0 Å². The Kier molecular flexibility index (Phi) is 6.09. The number of halogens is 2. The summed E-state index contributed by atoms with van der Waals surface area (Å²) in [6.07, 6.45) is 0. The van der Waals surface area contributed by atoms with Gasteiger partial charge >= 0.3 is 0 Å². The summed E-state index contributed by atoms with van der Waals surface area (Å²) in [5.74, 6) is 0. The summed E-state index contributed by atoms with van der Waals surface area (Å²) in [5, 5.41) is 0. The first-order valence-electron chi connectivity index (χ1n) is 5.24. The van der Waals surface area contributed by atoms with Gasteiger partial charge in [0.05, 0.1) is 0 Å². The highest BCUT2D eigenvalue weighted by atomic mass is 35.5. The first kappa shape index (κ1) is 16.2. The van der Waals surface area contributed by atoms with E-state index in [-0.39, 0.29) is 0 Å². The van der Waals surface area contributed by atoms with Gasteiger partial charge in [-0.2, -0.15) is 0 Å². The third-order valence-electron chi connectivity index (χ3n) is 1.97. The molecule has 2 N–H and O–H groups in total. The van der Waals surface area contributed by atoms with Crippen LogP contribution < -0.4 is 9.30 Å². The zero-order valence-electron chi connectivity index (χ0n) is 10.7. The van der Waals surface area contributed by atoms with Gasteiger partial charge in [0.1, 0.15) is 16.5 Å². The maximum atomic E-state index is 5.98. The van der Waals surface area contributed by atoms with E-state index in [1.807, 2.05) is 0 Å². The van der Waals surface area contributed by atoms with Gasteiger partial charge in [-0.1, -0.05) is 26.2 Å². The molecule has 0 aromatic carbocycles. The van der Waals surface area contributed by atoms with Gasteiger partial charge < -0.3 is 9.30 Å². The monoisotopic (exact) mass is 302 g/mol. The van der Waals surface area contributed by atoms with Crippen molar-refractivity contribution in [1.29, 1.82) is 0 Å². The van der Waals surface area contributed by atoms with E-state index < -0.39 is 24.9 Å². The van der Waals surface area contributed by atoms with Gasteiger partial charge in [-0.3, -0.25) is 0 Å². The minimum atomic E-state index is -1.56. The van der Waals surface area contributed by atoms with E-state index in [9.17, 15) is 0 Å². The lowest BCUT2D eigenvalue weighted by Crippen LogP contribution is -2.73. The quantitative estimate of drug-likeness (QED) is 0.582. The van der Waals surface area contributed by atoms with Gasteiger partial charge in [0.2, 0.25) is 0 Å².